The number of aliphatic carboxylic acids is 1. The van der Waals surface area contributed by atoms with E-state index in [9.17, 15) is 5.11 Å². The molecule has 0 aliphatic rings. The van der Waals surface area contributed by atoms with Crippen LogP contribution >= 0.6 is 0 Å². The molecule has 6 heteroatoms. The van der Waals surface area contributed by atoms with Crippen LogP contribution in [-0.2, 0) is 11.2 Å². The van der Waals surface area contributed by atoms with E-state index in [2.05, 4.69) is 36.1 Å². The lowest BCUT2D eigenvalue weighted by molar-refractivity contribution is -0.134. The minimum atomic E-state index is -0.833. The number of aryl methyl sites for hydroxylation is 3. The number of aliphatic hydroxyl groups is 1. The van der Waals surface area contributed by atoms with Gasteiger partial charge in [-0.25, -0.2) is 0 Å². The van der Waals surface area contributed by atoms with Gasteiger partial charge >= 0.3 is 0 Å². The molecule has 0 radical (unpaired) electrons. The molecule has 0 spiro atoms. The van der Waals surface area contributed by atoms with Crippen molar-refractivity contribution in [1.82, 2.24) is 15.3 Å². The average Bonchev–Trinajstić information content (AvgIpc) is 2.32. The third-order valence-corrected chi connectivity index (χ3v) is 2.88. The number of rotatable bonds is 4. The second kappa shape index (κ2) is 8.80. The van der Waals surface area contributed by atoms with Gasteiger partial charge in [0.1, 0.15) is 0 Å². The van der Waals surface area contributed by atoms with Crippen LogP contribution in [0.3, 0.4) is 0 Å². The highest BCUT2D eigenvalue weighted by Crippen LogP contribution is 2.09. The van der Waals surface area contributed by atoms with Crippen LogP contribution in [0, 0.1) is 20.8 Å². The standard InChI is InChI=1S/C14H25N3O.C2H4O2/c1-9-10(2)17-13(11(3)16-9)7-12(18)8-15-14(4,5)6;1-2(3)4/h12,15,18H,7-8H2,1-6H3;1H3,(H,3,4). The van der Waals surface area contributed by atoms with E-state index in [4.69, 9.17) is 9.90 Å². The Kier molecular flexibility index (Phi) is 8.19. The lowest BCUT2D eigenvalue weighted by Crippen LogP contribution is -2.41. The van der Waals surface area contributed by atoms with Crippen molar-refractivity contribution in [2.45, 2.75) is 66.5 Å². The lowest BCUT2D eigenvalue weighted by atomic mass is 10.1. The van der Waals surface area contributed by atoms with Gasteiger partial charge < -0.3 is 15.5 Å². The summed E-state index contributed by atoms with van der Waals surface area (Å²) in [5.74, 6) is -0.833. The van der Waals surface area contributed by atoms with E-state index in [0.717, 1.165) is 29.7 Å². The molecule has 0 aromatic carbocycles. The summed E-state index contributed by atoms with van der Waals surface area (Å²) in [6, 6.07) is 0. The molecule has 1 aromatic rings. The molecule has 0 fully saturated rings. The number of carboxylic acids is 1. The van der Waals surface area contributed by atoms with E-state index < -0.39 is 12.1 Å². The number of nitrogens with zero attached hydrogens (tertiary/aromatic N) is 2. The van der Waals surface area contributed by atoms with Crippen LogP contribution < -0.4 is 5.32 Å². The van der Waals surface area contributed by atoms with Crippen molar-refractivity contribution >= 4 is 5.97 Å². The molecular formula is C16H29N3O3. The largest absolute Gasteiger partial charge is 0.481 e. The van der Waals surface area contributed by atoms with Crippen molar-refractivity contribution < 1.29 is 15.0 Å². The average molecular weight is 311 g/mol. The summed E-state index contributed by atoms with van der Waals surface area (Å²) in [5, 5.41) is 20.7. The maximum Gasteiger partial charge on any atom is 0.300 e. The molecule has 1 unspecified atom stereocenters. The monoisotopic (exact) mass is 311 g/mol. The predicted molar refractivity (Wildman–Crippen MR) is 87.0 cm³/mol. The van der Waals surface area contributed by atoms with Gasteiger partial charge in [-0.1, -0.05) is 0 Å². The van der Waals surface area contributed by atoms with Gasteiger partial charge in [-0.2, -0.15) is 0 Å². The number of aliphatic hydroxyl groups excluding tert-OH is 1. The van der Waals surface area contributed by atoms with E-state index in [0.29, 0.717) is 13.0 Å². The van der Waals surface area contributed by atoms with Crippen LogP contribution in [0.5, 0.6) is 0 Å². The molecule has 22 heavy (non-hydrogen) atoms. The van der Waals surface area contributed by atoms with E-state index in [1.807, 2.05) is 20.8 Å². The molecule has 0 saturated heterocycles. The zero-order valence-corrected chi connectivity index (χ0v) is 14.7. The van der Waals surface area contributed by atoms with E-state index in [1.165, 1.54) is 0 Å². The fraction of sp³-hybridized carbons (Fsp3) is 0.688. The lowest BCUT2D eigenvalue weighted by Gasteiger charge is -2.23. The first-order chi connectivity index (χ1) is 9.92. The topological polar surface area (TPSA) is 95.3 Å². The molecule has 3 N–H and O–H groups in total. The second-order valence-corrected chi connectivity index (χ2v) is 6.43. The summed E-state index contributed by atoms with van der Waals surface area (Å²) in [5.41, 5.74) is 3.71. The highest BCUT2D eigenvalue weighted by atomic mass is 16.4. The van der Waals surface area contributed by atoms with Crippen molar-refractivity contribution in [1.29, 1.82) is 0 Å². The van der Waals surface area contributed by atoms with Crippen LogP contribution in [0.2, 0.25) is 0 Å². The van der Waals surface area contributed by atoms with Gasteiger partial charge in [0, 0.05) is 25.4 Å². The molecule has 1 rings (SSSR count). The molecule has 0 amide bonds. The van der Waals surface area contributed by atoms with Gasteiger partial charge in [0.15, 0.2) is 0 Å². The minimum absolute atomic E-state index is 0.0187. The molecule has 0 saturated carbocycles. The van der Waals surface area contributed by atoms with Crippen molar-refractivity contribution in [2.75, 3.05) is 6.54 Å². The van der Waals surface area contributed by atoms with E-state index in [1.54, 1.807) is 0 Å². The van der Waals surface area contributed by atoms with Gasteiger partial charge in [0.05, 0.1) is 28.9 Å². The third-order valence-electron chi connectivity index (χ3n) is 2.88. The van der Waals surface area contributed by atoms with Crippen LogP contribution in [0.4, 0.5) is 0 Å². The highest BCUT2D eigenvalue weighted by molar-refractivity contribution is 5.62. The quantitative estimate of drug-likeness (QED) is 0.784. The predicted octanol–water partition coefficient (Wildman–Crippen LogP) is 1.78. The number of β-amino-alcohol motifs (C(OH)–C–C–N with tert-alkyl or cyclic N) is 1. The Balaban J connectivity index is 0.000000980. The maximum atomic E-state index is 10.0. The molecule has 1 heterocycles. The Morgan fingerprint density at radius 1 is 1.14 bits per heavy atom. The third kappa shape index (κ3) is 9.41. The van der Waals surface area contributed by atoms with Gasteiger partial charge in [-0.3, -0.25) is 14.8 Å². The molecule has 126 valence electrons. The van der Waals surface area contributed by atoms with Crippen molar-refractivity contribution in [3.05, 3.63) is 22.8 Å². The molecule has 1 aromatic heterocycles. The summed E-state index contributed by atoms with van der Waals surface area (Å²) in [6.45, 7) is 13.8. The first kappa shape index (κ1) is 20.5. The molecule has 0 aliphatic heterocycles. The number of hydrogen-bond donors (Lipinski definition) is 3. The fourth-order valence-corrected chi connectivity index (χ4v) is 1.67. The summed E-state index contributed by atoms with van der Waals surface area (Å²) in [7, 11) is 0. The maximum absolute atomic E-state index is 10.0. The van der Waals surface area contributed by atoms with Crippen LogP contribution in [-0.4, -0.2) is 44.3 Å². The van der Waals surface area contributed by atoms with Gasteiger partial charge in [0.2, 0.25) is 0 Å². The molecule has 1 atom stereocenters. The normalized spacial score (nSPS) is 12.4. The summed E-state index contributed by atoms with van der Waals surface area (Å²) < 4.78 is 0. The van der Waals surface area contributed by atoms with Crippen molar-refractivity contribution in [2.24, 2.45) is 0 Å². The van der Waals surface area contributed by atoms with Gasteiger partial charge in [0.25, 0.3) is 5.97 Å². The number of carbonyl (C=O) groups is 1. The van der Waals surface area contributed by atoms with E-state index in [-0.39, 0.29) is 5.54 Å². The summed E-state index contributed by atoms with van der Waals surface area (Å²) >= 11 is 0. The molecule has 6 nitrogen and oxygen atoms in total. The van der Waals surface area contributed by atoms with Crippen LogP contribution in [0.15, 0.2) is 0 Å². The van der Waals surface area contributed by atoms with Gasteiger partial charge in [-0.15, -0.1) is 0 Å². The van der Waals surface area contributed by atoms with Crippen molar-refractivity contribution in [3.8, 4) is 0 Å². The minimum Gasteiger partial charge on any atom is -0.481 e. The number of aromatic nitrogens is 2. The number of nitrogens with one attached hydrogen (secondary N) is 1. The summed E-state index contributed by atoms with van der Waals surface area (Å²) in [4.78, 5) is 17.9. The molecule has 0 aliphatic carbocycles. The molecule has 0 bridgehead atoms. The second-order valence-electron chi connectivity index (χ2n) is 6.43. The Labute approximate surface area is 133 Å². The first-order valence-electron chi connectivity index (χ1n) is 7.35. The SMILES string of the molecule is CC(=O)O.Cc1nc(C)c(CC(O)CNC(C)(C)C)nc1C. The Morgan fingerprint density at radius 3 is 2.05 bits per heavy atom. The molecular weight excluding hydrogens is 282 g/mol. The number of carboxylic acid groups (broad SMARTS) is 1. The van der Waals surface area contributed by atoms with Crippen molar-refractivity contribution in [3.63, 3.8) is 0 Å². The van der Waals surface area contributed by atoms with Gasteiger partial charge in [-0.05, 0) is 41.5 Å². The summed E-state index contributed by atoms with van der Waals surface area (Å²) in [6.07, 6.45) is 0.114. The highest BCUT2D eigenvalue weighted by Gasteiger charge is 2.15. The van der Waals surface area contributed by atoms with E-state index >= 15 is 0 Å². The zero-order valence-electron chi connectivity index (χ0n) is 14.7. The Hall–Kier alpha value is -1.53. The Bertz CT molecular complexity index is 492. The fourth-order valence-electron chi connectivity index (χ4n) is 1.67. The zero-order chi connectivity index (χ0) is 17.5. The van der Waals surface area contributed by atoms with Crippen LogP contribution in [0.1, 0.15) is 50.5 Å². The Morgan fingerprint density at radius 2 is 1.59 bits per heavy atom. The smallest absolute Gasteiger partial charge is 0.300 e. The van der Waals surface area contributed by atoms with Crippen LogP contribution in [0.25, 0.3) is 0 Å². The number of hydrogen-bond acceptors (Lipinski definition) is 5. The first-order valence-corrected chi connectivity index (χ1v) is 7.35.